The van der Waals surface area contributed by atoms with Gasteiger partial charge in [0.1, 0.15) is 0 Å². The molecule has 1 aromatic carbocycles. The summed E-state index contributed by atoms with van der Waals surface area (Å²) in [6, 6.07) is 9.14. The number of hydrogen-bond donors (Lipinski definition) is 0. The van der Waals surface area contributed by atoms with Gasteiger partial charge in [0, 0.05) is 31.7 Å². The van der Waals surface area contributed by atoms with Gasteiger partial charge in [-0.25, -0.2) is 0 Å². The number of fused-ring (bicyclic) bond motifs is 3. The molecule has 2 aliphatic carbocycles. The number of hydrogen-bond acceptors (Lipinski definition) is 3. The third kappa shape index (κ3) is 3.63. The number of allylic oxidation sites excluding steroid dienone is 4. The van der Waals surface area contributed by atoms with E-state index in [0.29, 0.717) is 24.5 Å². The van der Waals surface area contributed by atoms with Crippen LogP contribution in [-0.4, -0.2) is 47.4 Å². The van der Waals surface area contributed by atoms with E-state index in [1.54, 1.807) is 0 Å². The number of likely N-dealkylation sites (tertiary alicyclic amines) is 2. The quantitative estimate of drug-likeness (QED) is 0.632. The van der Waals surface area contributed by atoms with Crippen molar-refractivity contribution in [2.75, 3.05) is 19.6 Å². The Morgan fingerprint density at radius 1 is 1.15 bits per heavy atom. The van der Waals surface area contributed by atoms with Crippen LogP contribution >= 0.6 is 0 Å². The smallest absolute Gasteiger partial charge is 0.231 e. The maximum atomic E-state index is 14.0. The van der Waals surface area contributed by atoms with Crippen molar-refractivity contribution in [3.8, 4) is 0 Å². The van der Waals surface area contributed by atoms with Gasteiger partial charge < -0.3 is 9.64 Å². The fourth-order valence-corrected chi connectivity index (χ4v) is 6.81. The van der Waals surface area contributed by atoms with E-state index >= 15 is 0 Å². The molecule has 4 heteroatoms. The van der Waals surface area contributed by atoms with Crippen LogP contribution < -0.4 is 0 Å². The van der Waals surface area contributed by atoms with Crippen molar-refractivity contribution in [2.24, 2.45) is 11.8 Å². The average Bonchev–Trinajstić information content (AvgIpc) is 3.36. The zero-order valence-corrected chi connectivity index (χ0v) is 20.5. The lowest BCUT2D eigenvalue weighted by molar-refractivity contribution is -0.142. The van der Waals surface area contributed by atoms with Crippen LogP contribution in [0.25, 0.3) is 0 Å². The molecule has 1 amide bonds. The molecule has 0 radical (unpaired) electrons. The van der Waals surface area contributed by atoms with Crippen molar-refractivity contribution >= 4 is 5.91 Å². The predicted octanol–water partition coefficient (Wildman–Crippen LogP) is 5.13. The molecule has 4 nitrogen and oxygen atoms in total. The lowest BCUT2D eigenvalue weighted by Crippen LogP contribution is -2.49. The van der Waals surface area contributed by atoms with Crippen LogP contribution in [0.5, 0.6) is 0 Å². The first-order chi connectivity index (χ1) is 16.6. The van der Waals surface area contributed by atoms with Crippen molar-refractivity contribution in [3.05, 3.63) is 83.0 Å². The molecule has 0 aromatic heterocycles. The Balaban J connectivity index is 1.19. The summed E-state index contributed by atoms with van der Waals surface area (Å²) in [5.74, 6) is 0.887. The highest BCUT2D eigenvalue weighted by atomic mass is 16.5. The minimum atomic E-state index is -0.201. The van der Waals surface area contributed by atoms with E-state index in [1.165, 1.54) is 22.3 Å². The third-order valence-corrected chi connectivity index (χ3v) is 8.85. The zero-order valence-electron chi connectivity index (χ0n) is 20.5. The Labute approximate surface area is 203 Å². The number of rotatable bonds is 3. The largest absolute Gasteiger partial charge is 0.365 e. The number of nitrogens with zero attached hydrogens (tertiary/aromatic N) is 2. The number of carbonyl (C=O) groups excluding carboxylic acids is 1. The van der Waals surface area contributed by atoms with Gasteiger partial charge >= 0.3 is 0 Å². The highest BCUT2D eigenvalue weighted by molar-refractivity contribution is 5.84. The molecule has 6 rings (SSSR count). The second kappa shape index (κ2) is 8.66. The van der Waals surface area contributed by atoms with Crippen molar-refractivity contribution < 1.29 is 9.53 Å². The van der Waals surface area contributed by atoms with Crippen molar-refractivity contribution in [2.45, 2.75) is 63.8 Å². The lowest BCUT2D eigenvalue weighted by atomic mass is 9.82. The predicted molar refractivity (Wildman–Crippen MR) is 135 cm³/mol. The van der Waals surface area contributed by atoms with Gasteiger partial charge in [0.25, 0.3) is 0 Å². The first-order valence-electron chi connectivity index (χ1n) is 13.1. The molecule has 3 heterocycles. The summed E-state index contributed by atoms with van der Waals surface area (Å²) in [6.45, 7) is 7.70. The fraction of sp³-hybridized carbons (Fsp3) is 0.500. The summed E-state index contributed by atoms with van der Waals surface area (Å²) in [7, 11) is 0. The van der Waals surface area contributed by atoms with Gasteiger partial charge in [-0.05, 0) is 60.8 Å². The first-order valence-corrected chi connectivity index (χ1v) is 13.1. The Hall–Kier alpha value is -2.43. The Kier molecular flexibility index (Phi) is 5.62. The van der Waals surface area contributed by atoms with Crippen LogP contribution in [0.4, 0.5) is 0 Å². The molecule has 4 atom stereocenters. The van der Waals surface area contributed by atoms with Gasteiger partial charge in [0.05, 0.1) is 18.1 Å². The lowest BCUT2D eigenvalue weighted by Gasteiger charge is -2.40. The van der Waals surface area contributed by atoms with E-state index in [1.807, 2.05) is 0 Å². The van der Waals surface area contributed by atoms with Crippen molar-refractivity contribution in [3.63, 3.8) is 0 Å². The minimum absolute atomic E-state index is 0.0483. The molecule has 34 heavy (non-hydrogen) atoms. The van der Waals surface area contributed by atoms with E-state index in [2.05, 4.69) is 84.4 Å². The maximum Gasteiger partial charge on any atom is 0.231 e. The van der Waals surface area contributed by atoms with Crippen molar-refractivity contribution in [1.82, 2.24) is 9.80 Å². The standard InChI is InChI=1S/C30H36N2O2/c1-21-11-13-23(14-12-21)19-32-22(2)28(25-8-4-6-10-27(25)32)29(33)31-17-15-30(16-18-31)26-9-5-3-7-24(26)20-34-30/h3-9,11,13-14,21-22,27-28H,10,12,15-20H2,1-2H3. The molecule has 2 fully saturated rings. The van der Waals surface area contributed by atoms with Gasteiger partial charge in [0.15, 0.2) is 0 Å². The molecule has 178 valence electrons. The van der Waals surface area contributed by atoms with Gasteiger partial charge in [-0.2, -0.15) is 0 Å². The molecule has 0 N–H and O–H groups in total. The average molecular weight is 457 g/mol. The van der Waals surface area contributed by atoms with Crippen LogP contribution in [0.3, 0.4) is 0 Å². The second-order valence-corrected chi connectivity index (χ2v) is 10.9. The third-order valence-electron chi connectivity index (χ3n) is 8.85. The van der Waals surface area contributed by atoms with Crippen LogP contribution in [0, 0.1) is 11.8 Å². The van der Waals surface area contributed by atoms with Crippen LogP contribution in [0.15, 0.2) is 71.9 Å². The Morgan fingerprint density at radius 2 is 1.97 bits per heavy atom. The van der Waals surface area contributed by atoms with Gasteiger partial charge in [-0.15, -0.1) is 0 Å². The van der Waals surface area contributed by atoms with Crippen LogP contribution in [0.1, 0.15) is 50.7 Å². The topological polar surface area (TPSA) is 32.8 Å². The van der Waals surface area contributed by atoms with E-state index in [-0.39, 0.29) is 17.6 Å². The van der Waals surface area contributed by atoms with Gasteiger partial charge in [-0.3, -0.25) is 9.69 Å². The Bertz CT molecular complexity index is 1090. The van der Waals surface area contributed by atoms with E-state index in [9.17, 15) is 4.79 Å². The molecular formula is C30H36N2O2. The zero-order chi connectivity index (χ0) is 23.3. The summed E-state index contributed by atoms with van der Waals surface area (Å²) in [5, 5.41) is 0. The molecule has 4 unspecified atom stereocenters. The first kappa shape index (κ1) is 22.1. The van der Waals surface area contributed by atoms with Gasteiger partial charge in [-0.1, -0.05) is 67.6 Å². The Morgan fingerprint density at radius 3 is 2.76 bits per heavy atom. The molecule has 1 spiro atoms. The van der Waals surface area contributed by atoms with Gasteiger partial charge in [0.2, 0.25) is 5.91 Å². The molecule has 3 aliphatic heterocycles. The number of piperidine rings is 1. The number of benzene rings is 1. The van der Waals surface area contributed by atoms with E-state index < -0.39 is 0 Å². The molecule has 2 saturated heterocycles. The maximum absolute atomic E-state index is 14.0. The van der Waals surface area contributed by atoms with Crippen molar-refractivity contribution in [1.29, 1.82) is 0 Å². The summed E-state index contributed by atoms with van der Waals surface area (Å²) >= 11 is 0. The molecule has 1 aromatic rings. The molecule has 5 aliphatic rings. The normalized spacial score (nSPS) is 31.9. The highest BCUT2D eigenvalue weighted by Gasteiger charge is 2.49. The summed E-state index contributed by atoms with van der Waals surface area (Å²) in [4.78, 5) is 18.7. The summed E-state index contributed by atoms with van der Waals surface area (Å²) in [6.07, 6.45) is 17.5. The fourth-order valence-electron chi connectivity index (χ4n) is 6.81. The number of ether oxygens (including phenoxy) is 1. The summed E-state index contributed by atoms with van der Waals surface area (Å²) < 4.78 is 6.34. The second-order valence-electron chi connectivity index (χ2n) is 10.9. The molecule has 0 saturated carbocycles. The monoisotopic (exact) mass is 456 g/mol. The highest BCUT2D eigenvalue weighted by Crippen LogP contribution is 2.45. The van der Waals surface area contributed by atoms with Crippen LogP contribution in [-0.2, 0) is 21.7 Å². The molecular weight excluding hydrogens is 420 g/mol. The SMILES string of the molecule is CC1C=CC(CN2C3CC=CC=C3C(C(=O)N3CCC4(CC3)OCc3ccccc34)C2C)=CC1. The number of carbonyl (C=O) groups is 1. The minimum Gasteiger partial charge on any atom is -0.365 e. The number of amides is 1. The van der Waals surface area contributed by atoms with E-state index in [4.69, 9.17) is 4.74 Å². The summed E-state index contributed by atoms with van der Waals surface area (Å²) in [5.41, 5.74) is 5.16. The molecule has 0 bridgehead atoms. The van der Waals surface area contributed by atoms with Crippen LogP contribution in [0.2, 0.25) is 0 Å². The van der Waals surface area contributed by atoms with E-state index in [0.717, 1.165) is 45.3 Å².